The van der Waals surface area contributed by atoms with Crippen LogP contribution in [0.1, 0.15) is 52.9 Å². The van der Waals surface area contributed by atoms with Gasteiger partial charge in [-0.1, -0.05) is 27.2 Å². The van der Waals surface area contributed by atoms with Gasteiger partial charge in [0.05, 0.1) is 6.10 Å². The number of carboxylic acids is 1. The predicted octanol–water partition coefficient (Wildman–Crippen LogP) is 2.11. The molecule has 2 atom stereocenters. The van der Waals surface area contributed by atoms with Crippen molar-refractivity contribution in [3.05, 3.63) is 0 Å². The third-order valence-corrected chi connectivity index (χ3v) is 3.85. The van der Waals surface area contributed by atoms with Crippen LogP contribution in [0.5, 0.6) is 0 Å². The summed E-state index contributed by atoms with van der Waals surface area (Å²) >= 11 is 0. The number of β-amino-alcohol motifs (C(OH)–C–C–N with tert-alkyl or cyclic N) is 1. The molecule has 0 saturated carbocycles. The molecule has 2 unspecified atom stereocenters. The molecule has 0 spiro atoms. The van der Waals surface area contributed by atoms with Crippen LogP contribution >= 0.6 is 0 Å². The van der Waals surface area contributed by atoms with Crippen LogP contribution in [0.3, 0.4) is 0 Å². The molecular formula is C14H27NO3. The Hall–Kier alpha value is -0.610. The van der Waals surface area contributed by atoms with E-state index in [0.717, 1.165) is 19.4 Å². The number of piperidine rings is 1. The molecule has 1 aliphatic rings. The third kappa shape index (κ3) is 4.94. The number of aliphatic hydroxyl groups is 1. The first kappa shape index (κ1) is 15.4. The maximum absolute atomic E-state index is 10.7. The fourth-order valence-electron chi connectivity index (χ4n) is 2.41. The van der Waals surface area contributed by atoms with E-state index in [2.05, 4.69) is 4.90 Å². The van der Waals surface area contributed by atoms with Crippen LogP contribution in [0, 0.1) is 5.41 Å². The maximum Gasteiger partial charge on any atom is 0.303 e. The molecule has 4 nitrogen and oxygen atoms in total. The highest BCUT2D eigenvalue weighted by Crippen LogP contribution is 2.25. The molecule has 0 aromatic carbocycles. The number of hydrogen-bond donors (Lipinski definition) is 2. The lowest BCUT2D eigenvalue weighted by Gasteiger charge is -2.39. The molecule has 1 fully saturated rings. The van der Waals surface area contributed by atoms with Gasteiger partial charge in [0.15, 0.2) is 0 Å². The minimum Gasteiger partial charge on any atom is -0.481 e. The van der Waals surface area contributed by atoms with Crippen LogP contribution in [0.4, 0.5) is 0 Å². The Balaban J connectivity index is 2.51. The lowest BCUT2D eigenvalue weighted by molar-refractivity contribution is -0.137. The van der Waals surface area contributed by atoms with Gasteiger partial charge in [0.2, 0.25) is 0 Å². The van der Waals surface area contributed by atoms with E-state index in [0.29, 0.717) is 19.0 Å². The van der Waals surface area contributed by atoms with Crippen LogP contribution in [0.15, 0.2) is 0 Å². The predicted molar refractivity (Wildman–Crippen MR) is 71.5 cm³/mol. The molecule has 1 heterocycles. The number of nitrogens with zero attached hydrogens (tertiary/aromatic N) is 1. The summed E-state index contributed by atoms with van der Waals surface area (Å²) in [5.41, 5.74) is -0.116. The summed E-state index contributed by atoms with van der Waals surface area (Å²) < 4.78 is 0. The van der Waals surface area contributed by atoms with Gasteiger partial charge < -0.3 is 10.2 Å². The molecule has 1 saturated heterocycles. The molecule has 0 bridgehead atoms. The largest absolute Gasteiger partial charge is 0.481 e. The second kappa shape index (κ2) is 6.53. The fourth-order valence-corrected chi connectivity index (χ4v) is 2.41. The average molecular weight is 257 g/mol. The Morgan fingerprint density at radius 1 is 1.39 bits per heavy atom. The van der Waals surface area contributed by atoms with E-state index in [9.17, 15) is 9.90 Å². The minimum absolute atomic E-state index is 0.116. The van der Waals surface area contributed by atoms with Gasteiger partial charge >= 0.3 is 5.97 Å². The zero-order valence-corrected chi connectivity index (χ0v) is 11.9. The van der Waals surface area contributed by atoms with Crippen molar-refractivity contribution in [2.24, 2.45) is 5.41 Å². The van der Waals surface area contributed by atoms with Crippen molar-refractivity contribution in [3.63, 3.8) is 0 Å². The van der Waals surface area contributed by atoms with E-state index in [4.69, 9.17) is 5.11 Å². The van der Waals surface area contributed by atoms with Gasteiger partial charge in [-0.15, -0.1) is 0 Å². The fraction of sp³-hybridized carbons (Fsp3) is 0.929. The van der Waals surface area contributed by atoms with Crippen molar-refractivity contribution in [1.29, 1.82) is 0 Å². The summed E-state index contributed by atoms with van der Waals surface area (Å²) in [5.74, 6) is -0.725. The molecule has 0 radical (unpaired) electrons. The van der Waals surface area contributed by atoms with Crippen LogP contribution in [0.25, 0.3) is 0 Å². The monoisotopic (exact) mass is 257 g/mol. The molecular weight excluding hydrogens is 230 g/mol. The van der Waals surface area contributed by atoms with E-state index in [1.54, 1.807) is 0 Å². The van der Waals surface area contributed by atoms with E-state index in [-0.39, 0.29) is 17.9 Å². The number of aliphatic carboxylic acids is 1. The van der Waals surface area contributed by atoms with Crippen LogP contribution in [-0.2, 0) is 4.79 Å². The molecule has 0 aromatic heterocycles. The second-order valence-corrected chi connectivity index (χ2v) is 6.46. The van der Waals surface area contributed by atoms with E-state index >= 15 is 0 Å². The smallest absolute Gasteiger partial charge is 0.303 e. The highest BCUT2D eigenvalue weighted by Gasteiger charge is 2.29. The molecule has 0 aliphatic carbocycles. The van der Waals surface area contributed by atoms with Crippen molar-refractivity contribution >= 4 is 5.97 Å². The Kier molecular flexibility index (Phi) is 5.60. The molecule has 0 aromatic rings. The number of rotatable bonds is 5. The summed E-state index contributed by atoms with van der Waals surface area (Å²) in [6.07, 6.45) is 3.96. The van der Waals surface area contributed by atoms with Gasteiger partial charge in [0, 0.05) is 19.0 Å². The van der Waals surface area contributed by atoms with Gasteiger partial charge in [0.25, 0.3) is 0 Å². The van der Waals surface area contributed by atoms with Gasteiger partial charge in [-0.3, -0.25) is 9.69 Å². The maximum atomic E-state index is 10.7. The SMILES string of the molecule is CC(C)(C)C(O)CN1CCCCC1CCC(=O)O. The first-order chi connectivity index (χ1) is 8.30. The number of carbonyl (C=O) groups is 1. The van der Waals surface area contributed by atoms with Crippen molar-refractivity contribution in [3.8, 4) is 0 Å². The second-order valence-electron chi connectivity index (χ2n) is 6.46. The summed E-state index contributed by atoms with van der Waals surface area (Å²) in [4.78, 5) is 12.9. The lowest BCUT2D eigenvalue weighted by atomic mass is 9.87. The number of likely N-dealkylation sites (tertiary alicyclic amines) is 1. The van der Waals surface area contributed by atoms with Gasteiger partial charge in [0.1, 0.15) is 0 Å². The molecule has 18 heavy (non-hydrogen) atoms. The number of carboxylic acid groups (broad SMARTS) is 1. The number of hydrogen-bond acceptors (Lipinski definition) is 3. The van der Waals surface area contributed by atoms with E-state index in [1.807, 2.05) is 20.8 Å². The molecule has 106 valence electrons. The Morgan fingerprint density at radius 3 is 2.61 bits per heavy atom. The van der Waals surface area contributed by atoms with Crippen LogP contribution < -0.4 is 0 Å². The normalized spacial score (nSPS) is 23.9. The van der Waals surface area contributed by atoms with Gasteiger partial charge in [-0.05, 0) is 31.2 Å². The van der Waals surface area contributed by atoms with Crippen molar-refractivity contribution in [2.45, 2.75) is 65.0 Å². The van der Waals surface area contributed by atoms with E-state index < -0.39 is 5.97 Å². The van der Waals surface area contributed by atoms with Crippen molar-refractivity contribution in [2.75, 3.05) is 13.1 Å². The minimum atomic E-state index is -0.725. The summed E-state index contributed by atoms with van der Waals surface area (Å²) in [6, 6.07) is 0.326. The first-order valence-electron chi connectivity index (χ1n) is 6.94. The number of aliphatic hydroxyl groups excluding tert-OH is 1. The van der Waals surface area contributed by atoms with Crippen molar-refractivity contribution in [1.82, 2.24) is 4.90 Å². The Bertz CT molecular complexity index is 273. The van der Waals surface area contributed by atoms with Gasteiger partial charge in [-0.25, -0.2) is 0 Å². The Labute approximate surface area is 110 Å². The molecule has 2 N–H and O–H groups in total. The van der Waals surface area contributed by atoms with E-state index in [1.165, 1.54) is 6.42 Å². The molecule has 1 rings (SSSR count). The molecule has 4 heteroatoms. The van der Waals surface area contributed by atoms with Crippen LogP contribution in [0.2, 0.25) is 0 Å². The molecule has 1 aliphatic heterocycles. The Morgan fingerprint density at radius 2 is 2.06 bits per heavy atom. The first-order valence-corrected chi connectivity index (χ1v) is 6.94. The quantitative estimate of drug-likeness (QED) is 0.792. The zero-order chi connectivity index (χ0) is 13.8. The third-order valence-electron chi connectivity index (χ3n) is 3.85. The summed E-state index contributed by atoms with van der Waals surface area (Å²) in [6.45, 7) is 7.75. The van der Waals surface area contributed by atoms with Crippen LogP contribution in [-0.4, -0.2) is 46.3 Å². The van der Waals surface area contributed by atoms with Crippen molar-refractivity contribution < 1.29 is 15.0 Å². The summed E-state index contributed by atoms with van der Waals surface area (Å²) in [5, 5.41) is 18.9. The lowest BCUT2D eigenvalue weighted by Crippen LogP contribution is -2.47. The highest BCUT2D eigenvalue weighted by atomic mass is 16.4. The zero-order valence-electron chi connectivity index (χ0n) is 11.9. The summed E-state index contributed by atoms with van der Waals surface area (Å²) in [7, 11) is 0. The topological polar surface area (TPSA) is 60.8 Å². The average Bonchev–Trinajstić information content (AvgIpc) is 2.26. The highest BCUT2D eigenvalue weighted by molar-refractivity contribution is 5.66. The molecule has 0 amide bonds. The standard InChI is InChI=1S/C14H27NO3/c1-14(2,3)12(16)10-15-9-5-4-6-11(15)7-8-13(17)18/h11-12,16H,4-10H2,1-3H3,(H,17,18). The van der Waals surface area contributed by atoms with Gasteiger partial charge in [-0.2, -0.15) is 0 Å².